The molecular formula is C24H31N5O4. The summed E-state index contributed by atoms with van der Waals surface area (Å²) in [4.78, 5) is 35.8. The second kappa shape index (κ2) is 12.4. The van der Waals surface area contributed by atoms with Gasteiger partial charge in [-0.3, -0.25) is 4.79 Å². The van der Waals surface area contributed by atoms with Crippen molar-refractivity contribution in [3.8, 4) is 0 Å². The van der Waals surface area contributed by atoms with Gasteiger partial charge in [-0.25, -0.2) is 9.78 Å². The van der Waals surface area contributed by atoms with Crippen molar-refractivity contribution in [2.75, 3.05) is 36.5 Å². The summed E-state index contributed by atoms with van der Waals surface area (Å²) in [5, 5.41) is 6.54. The van der Waals surface area contributed by atoms with Gasteiger partial charge in [0, 0.05) is 30.5 Å². The molecule has 1 fully saturated rings. The van der Waals surface area contributed by atoms with Crippen LogP contribution in [0, 0.1) is 0 Å². The van der Waals surface area contributed by atoms with Crippen molar-refractivity contribution in [3.63, 3.8) is 0 Å². The van der Waals surface area contributed by atoms with E-state index in [0.29, 0.717) is 23.4 Å². The summed E-state index contributed by atoms with van der Waals surface area (Å²) in [6.07, 6.45) is 7.02. The lowest BCUT2D eigenvalue weighted by Crippen LogP contribution is -2.30. The first-order valence-electron chi connectivity index (χ1n) is 11.3. The van der Waals surface area contributed by atoms with Crippen LogP contribution < -0.4 is 16.0 Å². The van der Waals surface area contributed by atoms with E-state index in [1.165, 1.54) is 6.42 Å². The Hall–Kier alpha value is -3.62. The predicted octanol–water partition coefficient (Wildman–Crippen LogP) is 3.30. The number of hydrogen-bond donors (Lipinski definition) is 2. The Kier molecular flexibility index (Phi) is 9.05. The van der Waals surface area contributed by atoms with Crippen LogP contribution in [0.25, 0.3) is 0 Å². The molecule has 0 atom stereocenters. The predicted molar refractivity (Wildman–Crippen MR) is 127 cm³/mol. The zero-order valence-corrected chi connectivity index (χ0v) is 19.0. The molecule has 2 heterocycles. The minimum Gasteiger partial charge on any atom is -0.462 e. The number of nitrogens with zero attached hydrogens (tertiary/aromatic N) is 3. The van der Waals surface area contributed by atoms with Gasteiger partial charge >= 0.3 is 5.97 Å². The van der Waals surface area contributed by atoms with Crippen LogP contribution >= 0.6 is 0 Å². The smallest absolute Gasteiger partial charge is 0.338 e. The Labute approximate surface area is 193 Å². The first kappa shape index (κ1) is 24.0. The van der Waals surface area contributed by atoms with Crippen LogP contribution in [0.2, 0.25) is 0 Å². The fourth-order valence-electron chi connectivity index (χ4n) is 3.37. The average molecular weight is 454 g/mol. The number of oxime groups is 1. The number of carbonyl (C=O) groups is 2. The summed E-state index contributed by atoms with van der Waals surface area (Å²) in [6.45, 7) is 4.08. The highest BCUT2D eigenvalue weighted by Crippen LogP contribution is 2.18. The molecule has 0 saturated carbocycles. The Morgan fingerprint density at radius 1 is 1.12 bits per heavy atom. The maximum Gasteiger partial charge on any atom is 0.338 e. The maximum atomic E-state index is 12.1. The molecule has 9 nitrogen and oxygen atoms in total. The van der Waals surface area contributed by atoms with Crippen LogP contribution in [-0.4, -0.2) is 49.0 Å². The Morgan fingerprint density at radius 3 is 2.61 bits per heavy atom. The number of carbonyl (C=O) groups excluding carboxylic acids is 2. The first-order chi connectivity index (χ1) is 16.1. The molecule has 0 aliphatic carbocycles. The number of nitrogens with two attached hydrogens (primary N) is 1. The quantitative estimate of drug-likeness (QED) is 0.186. The largest absolute Gasteiger partial charge is 0.462 e. The number of piperidine rings is 1. The third-order valence-electron chi connectivity index (χ3n) is 5.22. The third-order valence-corrected chi connectivity index (χ3v) is 5.22. The van der Waals surface area contributed by atoms with Gasteiger partial charge < -0.3 is 25.5 Å². The number of benzene rings is 1. The van der Waals surface area contributed by atoms with Crippen LogP contribution in [0.15, 0.2) is 47.8 Å². The summed E-state index contributed by atoms with van der Waals surface area (Å²) in [6, 6.07) is 10.1. The fraction of sp³-hybridized carbons (Fsp3) is 0.417. The number of amides is 1. The van der Waals surface area contributed by atoms with Crippen LogP contribution in [0.1, 0.15) is 54.9 Å². The van der Waals surface area contributed by atoms with Crippen LogP contribution in [-0.2, 0) is 14.4 Å². The van der Waals surface area contributed by atoms with Crippen molar-refractivity contribution in [1.82, 2.24) is 4.98 Å². The van der Waals surface area contributed by atoms with E-state index in [4.69, 9.17) is 15.3 Å². The van der Waals surface area contributed by atoms with Gasteiger partial charge in [-0.1, -0.05) is 18.5 Å². The van der Waals surface area contributed by atoms with Gasteiger partial charge in [-0.05, 0) is 62.1 Å². The molecule has 1 amide bonds. The van der Waals surface area contributed by atoms with Crippen molar-refractivity contribution in [2.45, 2.75) is 39.0 Å². The Morgan fingerprint density at radius 2 is 1.88 bits per heavy atom. The lowest BCUT2D eigenvalue weighted by Gasteiger charge is -2.27. The number of unbranched alkanes of at least 4 members (excludes halogenated alkanes) is 1. The van der Waals surface area contributed by atoms with Crippen molar-refractivity contribution >= 4 is 29.2 Å². The van der Waals surface area contributed by atoms with E-state index in [0.717, 1.165) is 44.6 Å². The van der Waals surface area contributed by atoms with Crippen molar-refractivity contribution in [3.05, 3.63) is 53.7 Å². The highest BCUT2D eigenvalue weighted by atomic mass is 16.6. The van der Waals surface area contributed by atoms with Gasteiger partial charge in [-0.2, -0.15) is 0 Å². The second-order valence-corrected chi connectivity index (χ2v) is 7.82. The van der Waals surface area contributed by atoms with Crippen molar-refractivity contribution in [2.24, 2.45) is 10.9 Å². The lowest BCUT2D eigenvalue weighted by molar-refractivity contribution is -0.120. The monoisotopic (exact) mass is 453 g/mol. The molecule has 1 aliphatic rings. The molecule has 0 radical (unpaired) electrons. The molecule has 0 bridgehead atoms. The molecule has 0 spiro atoms. The van der Waals surface area contributed by atoms with Crippen LogP contribution in [0.4, 0.5) is 11.5 Å². The average Bonchev–Trinajstić information content (AvgIpc) is 2.85. The van der Waals surface area contributed by atoms with E-state index in [1.54, 1.807) is 36.5 Å². The number of esters is 1. The normalized spacial score (nSPS) is 14.0. The molecule has 9 heteroatoms. The molecule has 176 valence electrons. The van der Waals surface area contributed by atoms with Crippen molar-refractivity contribution in [1.29, 1.82) is 0 Å². The molecule has 1 aromatic heterocycles. The zero-order chi connectivity index (χ0) is 23.5. The summed E-state index contributed by atoms with van der Waals surface area (Å²) >= 11 is 0. The molecule has 3 rings (SSSR count). The SMILES string of the molecule is CCCCOC(=O)c1ccc(NC(=O)CO/N=C(/N)c2ccnc(N3CCCCC3)c2)cc1. The Balaban J connectivity index is 1.47. The van der Waals surface area contributed by atoms with Gasteiger partial charge in [0.1, 0.15) is 5.82 Å². The highest BCUT2D eigenvalue weighted by Gasteiger charge is 2.13. The van der Waals surface area contributed by atoms with Crippen molar-refractivity contribution < 1.29 is 19.2 Å². The number of aromatic nitrogens is 1. The summed E-state index contributed by atoms with van der Waals surface area (Å²) in [5.74, 6) is 0.262. The number of rotatable bonds is 10. The van der Waals surface area contributed by atoms with Gasteiger partial charge in [-0.15, -0.1) is 0 Å². The second-order valence-electron chi connectivity index (χ2n) is 7.82. The van der Waals surface area contributed by atoms with Gasteiger partial charge in [0.05, 0.1) is 12.2 Å². The molecular weight excluding hydrogens is 422 g/mol. The number of hydrogen-bond acceptors (Lipinski definition) is 7. The molecule has 3 N–H and O–H groups in total. The number of ether oxygens (including phenoxy) is 1. The Bertz CT molecular complexity index is 956. The van der Waals surface area contributed by atoms with Gasteiger partial charge in [0.25, 0.3) is 5.91 Å². The molecule has 1 aromatic carbocycles. The topological polar surface area (TPSA) is 119 Å². The van der Waals surface area contributed by atoms with E-state index in [9.17, 15) is 9.59 Å². The zero-order valence-electron chi connectivity index (χ0n) is 19.0. The number of anilines is 2. The molecule has 2 aromatic rings. The molecule has 1 saturated heterocycles. The van der Waals surface area contributed by atoms with Crippen LogP contribution in [0.5, 0.6) is 0 Å². The van der Waals surface area contributed by atoms with E-state index >= 15 is 0 Å². The molecule has 1 aliphatic heterocycles. The number of pyridine rings is 1. The minimum atomic E-state index is -0.395. The van der Waals surface area contributed by atoms with E-state index < -0.39 is 5.91 Å². The number of amidine groups is 1. The van der Waals surface area contributed by atoms with E-state index in [-0.39, 0.29) is 18.4 Å². The van der Waals surface area contributed by atoms with E-state index in [1.807, 2.05) is 13.0 Å². The molecule has 33 heavy (non-hydrogen) atoms. The number of nitrogens with one attached hydrogen (secondary N) is 1. The highest BCUT2D eigenvalue weighted by molar-refractivity contribution is 5.98. The third kappa shape index (κ3) is 7.48. The van der Waals surface area contributed by atoms with Gasteiger partial charge in [0.15, 0.2) is 12.4 Å². The maximum absolute atomic E-state index is 12.1. The van der Waals surface area contributed by atoms with Gasteiger partial charge in [0.2, 0.25) is 0 Å². The lowest BCUT2D eigenvalue weighted by atomic mass is 10.1. The fourth-order valence-corrected chi connectivity index (χ4v) is 3.37. The van der Waals surface area contributed by atoms with Crippen LogP contribution in [0.3, 0.4) is 0 Å². The standard InChI is InChI=1S/C24H31N5O4/c1-2-3-15-32-24(31)18-7-9-20(10-8-18)27-22(30)17-33-28-23(25)19-11-12-26-21(16-19)29-13-5-4-6-14-29/h7-12,16H,2-6,13-15,17H2,1H3,(H2,25,28)(H,27,30). The summed E-state index contributed by atoms with van der Waals surface area (Å²) in [5.41, 5.74) is 7.67. The summed E-state index contributed by atoms with van der Waals surface area (Å²) < 4.78 is 5.16. The van der Waals surface area contributed by atoms with E-state index in [2.05, 4.69) is 20.4 Å². The first-order valence-corrected chi connectivity index (χ1v) is 11.3. The summed E-state index contributed by atoms with van der Waals surface area (Å²) in [7, 11) is 0. The minimum absolute atomic E-state index is 0.175. The molecule has 0 unspecified atom stereocenters.